The normalized spacial score (nSPS) is 20.0. The van der Waals surface area contributed by atoms with Crippen molar-refractivity contribution in [3.8, 4) is 0 Å². The van der Waals surface area contributed by atoms with Crippen molar-refractivity contribution in [2.24, 2.45) is 10.8 Å². The van der Waals surface area contributed by atoms with Gasteiger partial charge in [0.15, 0.2) is 0 Å². The molecule has 0 atom stereocenters. The van der Waals surface area contributed by atoms with E-state index in [2.05, 4.69) is 91.8 Å². The monoisotopic (exact) mass is 652 g/mol. The Kier molecular flexibility index (Phi) is 16.6. The van der Waals surface area contributed by atoms with E-state index in [1.807, 2.05) is 50.3 Å². The zero-order valence-corrected chi connectivity index (χ0v) is 31.4. The lowest BCUT2D eigenvalue weighted by molar-refractivity contribution is -0.139. The van der Waals surface area contributed by atoms with Crippen molar-refractivity contribution in [1.82, 2.24) is 0 Å². The van der Waals surface area contributed by atoms with Gasteiger partial charge in [-0.05, 0) is 114 Å². The summed E-state index contributed by atoms with van der Waals surface area (Å²) in [7, 11) is 0. The molecule has 0 unspecified atom stereocenters. The van der Waals surface area contributed by atoms with E-state index in [0.29, 0.717) is 0 Å². The molecule has 0 aromatic rings. The standard InChI is InChI=1S/C44H60O4/c1-33(21-23-39-37(5)19-13-29-43(39,7)8)15-11-17-35(3)27-31-47-41(45)25-26-42(46)48-32-28-36(4)18-12-16-34(2)22-24-40-38(6)20-14-30-44(40,9)10/h11-12,15-18,21-28H,13-14,19-20,29-32H2,1-10H3/b17-11-,18-12-,23-21+,24-22+,26-25+,33-15+,34-16+,35-27+,36-28+. The lowest BCUT2D eigenvalue weighted by atomic mass is 9.72. The van der Waals surface area contributed by atoms with Gasteiger partial charge in [0, 0.05) is 12.2 Å². The van der Waals surface area contributed by atoms with Crippen molar-refractivity contribution in [3.05, 3.63) is 130 Å². The molecule has 4 nitrogen and oxygen atoms in total. The highest BCUT2D eigenvalue weighted by atomic mass is 16.5. The first kappa shape index (κ1) is 40.3. The minimum atomic E-state index is -0.597. The Balaban J connectivity index is 1.73. The van der Waals surface area contributed by atoms with Crippen molar-refractivity contribution in [2.75, 3.05) is 13.2 Å². The molecule has 48 heavy (non-hydrogen) atoms. The smallest absolute Gasteiger partial charge is 0.331 e. The van der Waals surface area contributed by atoms with E-state index < -0.39 is 11.9 Å². The number of carbonyl (C=O) groups excluding carboxylic acids is 2. The lowest BCUT2D eigenvalue weighted by Gasteiger charge is -2.33. The van der Waals surface area contributed by atoms with Gasteiger partial charge in [0.2, 0.25) is 0 Å². The van der Waals surface area contributed by atoms with Gasteiger partial charge in [-0.3, -0.25) is 0 Å². The molecule has 0 amide bonds. The van der Waals surface area contributed by atoms with Crippen molar-refractivity contribution in [3.63, 3.8) is 0 Å². The summed E-state index contributed by atoms with van der Waals surface area (Å²) in [5.41, 5.74) is 10.6. The predicted octanol–water partition coefficient (Wildman–Crippen LogP) is 11.7. The largest absolute Gasteiger partial charge is 0.458 e. The van der Waals surface area contributed by atoms with Gasteiger partial charge in [-0.2, -0.15) is 0 Å². The van der Waals surface area contributed by atoms with Crippen LogP contribution in [0.5, 0.6) is 0 Å². The summed E-state index contributed by atoms with van der Waals surface area (Å²) in [6.45, 7) is 22.1. The van der Waals surface area contributed by atoms with Crippen LogP contribution in [0.2, 0.25) is 0 Å². The van der Waals surface area contributed by atoms with E-state index in [0.717, 1.165) is 23.3 Å². The van der Waals surface area contributed by atoms with E-state index in [1.54, 1.807) is 0 Å². The van der Waals surface area contributed by atoms with Crippen molar-refractivity contribution in [2.45, 2.75) is 108 Å². The molecule has 0 saturated carbocycles. The van der Waals surface area contributed by atoms with E-state index in [4.69, 9.17) is 9.47 Å². The molecule has 0 N–H and O–H groups in total. The second-order valence-corrected chi connectivity index (χ2v) is 14.6. The Labute approximate surface area is 291 Å². The van der Waals surface area contributed by atoms with Gasteiger partial charge in [-0.25, -0.2) is 9.59 Å². The first-order valence-electron chi connectivity index (χ1n) is 17.4. The summed E-state index contributed by atoms with van der Waals surface area (Å²) in [5.74, 6) is -1.19. The van der Waals surface area contributed by atoms with Crippen LogP contribution >= 0.6 is 0 Å². The maximum absolute atomic E-state index is 12.0. The molecular formula is C44H60O4. The topological polar surface area (TPSA) is 52.6 Å². The minimum Gasteiger partial charge on any atom is -0.458 e. The highest BCUT2D eigenvalue weighted by Crippen LogP contribution is 2.41. The average Bonchev–Trinajstić information content (AvgIpc) is 2.99. The molecule has 2 aliphatic carbocycles. The number of carbonyl (C=O) groups is 2. The van der Waals surface area contributed by atoms with Gasteiger partial charge in [0.05, 0.1) is 0 Å². The second-order valence-electron chi connectivity index (χ2n) is 14.6. The third kappa shape index (κ3) is 14.9. The second kappa shape index (κ2) is 19.8. The van der Waals surface area contributed by atoms with Gasteiger partial charge in [-0.1, -0.05) is 122 Å². The van der Waals surface area contributed by atoms with Crippen LogP contribution in [-0.2, 0) is 19.1 Å². The molecule has 0 saturated heterocycles. The Hall–Kier alpha value is -3.92. The number of esters is 2. The molecule has 0 fully saturated rings. The SMILES string of the molecule is CC1=C(/C=C/C(C)=C/C=C\C(C)=C\COC(=O)/C=C/C(=O)OC/C=C(C)/C=C\C=C(C)\C=C\C2=C(C)CCCC2(C)C)C(C)(C)CCC1. The van der Waals surface area contributed by atoms with Crippen molar-refractivity contribution < 1.29 is 19.1 Å². The molecule has 0 aliphatic heterocycles. The molecule has 4 heteroatoms. The summed E-state index contributed by atoms with van der Waals surface area (Å²) >= 11 is 0. The quantitative estimate of drug-likeness (QED) is 0.106. The summed E-state index contributed by atoms with van der Waals surface area (Å²) in [6, 6.07) is 0. The molecule has 260 valence electrons. The minimum absolute atomic E-state index is 0.118. The van der Waals surface area contributed by atoms with Crippen LogP contribution < -0.4 is 0 Å². The van der Waals surface area contributed by atoms with Crippen LogP contribution in [0.25, 0.3) is 0 Å². The third-order valence-electron chi connectivity index (χ3n) is 9.16. The maximum atomic E-state index is 12.0. The van der Waals surface area contributed by atoms with Crippen LogP contribution in [0, 0.1) is 10.8 Å². The average molecular weight is 653 g/mol. The van der Waals surface area contributed by atoms with Crippen LogP contribution in [-0.4, -0.2) is 25.2 Å². The zero-order valence-electron chi connectivity index (χ0n) is 31.4. The molecular weight excluding hydrogens is 592 g/mol. The summed E-state index contributed by atoms with van der Waals surface area (Å²) in [5, 5.41) is 0. The predicted molar refractivity (Wildman–Crippen MR) is 203 cm³/mol. The highest BCUT2D eigenvalue weighted by Gasteiger charge is 2.27. The van der Waals surface area contributed by atoms with Gasteiger partial charge < -0.3 is 9.47 Å². The Morgan fingerprint density at radius 1 is 0.583 bits per heavy atom. The van der Waals surface area contributed by atoms with E-state index in [1.165, 1.54) is 72.0 Å². The van der Waals surface area contributed by atoms with Gasteiger partial charge in [-0.15, -0.1) is 0 Å². The maximum Gasteiger partial charge on any atom is 0.331 e. The van der Waals surface area contributed by atoms with E-state index in [-0.39, 0.29) is 24.0 Å². The Morgan fingerprint density at radius 2 is 0.958 bits per heavy atom. The molecule has 0 heterocycles. The van der Waals surface area contributed by atoms with Crippen LogP contribution in [0.3, 0.4) is 0 Å². The number of hydrogen-bond donors (Lipinski definition) is 0. The summed E-state index contributed by atoms with van der Waals surface area (Å²) in [6.07, 6.45) is 34.2. The number of hydrogen-bond acceptors (Lipinski definition) is 4. The molecule has 0 spiro atoms. The molecule has 2 aliphatic rings. The van der Waals surface area contributed by atoms with Crippen molar-refractivity contribution >= 4 is 11.9 Å². The van der Waals surface area contributed by atoms with E-state index >= 15 is 0 Å². The summed E-state index contributed by atoms with van der Waals surface area (Å²) < 4.78 is 10.4. The van der Waals surface area contributed by atoms with Gasteiger partial charge in [0.25, 0.3) is 0 Å². The van der Waals surface area contributed by atoms with Crippen LogP contribution in [0.15, 0.2) is 130 Å². The van der Waals surface area contributed by atoms with E-state index in [9.17, 15) is 9.59 Å². The Bertz CT molecular complexity index is 1370. The van der Waals surface area contributed by atoms with Crippen LogP contribution in [0.4, 0.5) is 0 Å². The molecule has 0 radical (unpaired) electrons. The fraction of sp³-hybridized carbons (Fsp3) is 0.455. The zero-order chi connectivity index (χ0) is 35.7. The Morgan fingerprint density at radius 3 is 1.31 bits per heavy atom. The van der Waals surface area contributed by atoms with Gasteiger partial charge in [0.1, 0.15) is 13.2 Å². The summed E-state index contributed by atoms with van der Waals surface area (Å²) in [4.78, 5) is 24.0. The highest BCUT2D eigenvalue weighted by molar-refractivity contribution is 5.91. The fourth-order valence-corrected chi connectivity index (χ4v) is 6.14. The molecule has 0 bridgehead atoms. The first-order chi connectivity index (χ1) is 22.6. The van der Waals surface area contributed by atoms with Gasteiger partial charge >= 0.3 is 11.9 Å². The molecule has 0 aromatic heterocycles. The van der Waals surface area contributed by atoms with Crippen LogP contribution in [0.1, 0.15) is 108 Å². The number of rotatable bonds is 14. The first-order valence-corrected chi connectivity index (χ1v) is 17.4. The number of allylic oxidation sites excluding steroid dienone is 18. The fourth-order valence-electron chi connectivity index (χ4n) is 6.14. The van der Waals surface area contributed by atoms with Crippen molar-refractivity contribution in [1.29, 1.82) is 0 Å². The number of ether oxygens (including phenoxy) is 2. The third-order valence-corrected chi connectivity index (χ3v) is 9.16. The lowest BCUT2D eigenvalue weighted by Crippen LogP contribution is -2.19. The molecule has 0 aromatic carbocycles. The molecule has 2 rings (SSSR count).